The van der Waals surface area contributed by atoms with Gasteiger partial charge in [0.25, 0.3) is 0 Å². The van der Waals surface area contributed by atoms with Gasteiger partial charge in [-0.2, -0.15) is 4.98 Å². The molecule has 0 unspecified atom stereocenters. The van der Waals surface area contributed by atoms with Crippen molar-refractivity contribution in [2.45, 2.75) is 13.5 Å². The molecular weight excluding hydrogens is 338 g/mol. The van der Waals surface area contributed by atoms with E-state index in [0.717, 1.165) is 28.3 Å². The van der Waals surface area contributed by atoms with Crippen LogP contribution in [0.25, 0.3) is 0 Å². The van der Waals surface area contributed by atoms with Crippen LogP contribution in [0, 0.1) is 6.92 Å². The fourth-order valence-corrected chi connectivity index (χ4v) is 2.38. The van der Waals surface area contributed by atoms with Crippen molar-refractivity contribution in [2.75, 3.05) is 10.6 Å². The van der Waals surface area contributed by atoms with Crippen LogP contribution in [0.15, 0.2) is 73.4 Å². The predicted molar refractivity (Wildman–Crippen MR) is 108 cm³/mol. The third-order valence-electron chi connectivity index (χ3n) is 3.87. The molecule has 3 aromatic rings. The molecule has 136 valence electrons. The average molecular weight is 359 g/mol. The van der Waals surface area contributed by atoms with Gasteiger partial charge in [-0.1, -0.05) is 36.9 Å². The molecule has 0 saturated heterocycles. The number of para-hydroxylation sites is 1. The zero-order valence-corrected chi connectivity index (χ0v) is 15.1. The van der Waals surface area contributed by atoms with Crippen LogP contribution in [-0.2, 0) is 11.3 Å². The zero-order valence-electron chi connectivity index (χ0n) is 15.1. The molecule has 3 rings (SSSR count). The molecule has 0 aliphatic heterocycles. The Kier molecular flexibility index (Phi) is 5.79. The number of carbonyl (C=O) groups excluding carboxylic acids is 1. The van der Waals surface area contributed by atoms with E-state index in [1.165, 1.54) is 6.08 Å². The van der Waals surface area contributed by atoms with Gasteiger partial charge in [-0.3, -0.25) is 4.79 Å². The van der Waals surface area contributed by atoms with Gasteiger partial charge in [0.15, 0.2) is 0 Å². The van der Waals surface area contributed by atoms with Crippen LogP contribution in [0.4, 0.5) is 23.1 Å². The summed E-state index contributed by atoms with van der Waals surface area (Å²) in [6.07, 6.45) is 3.04. The van der Waals surface area contributed by atoms with Crippen molar-refractivity contribution in [3.8, 4) is 0 Å². The van der Waals surface area contributed by atoms with Gasteiger partial charge in [-0.25, -0.2) is 4.98 Å². The molecule has 0 bridgehead atoms. The lowest BCUT2D eigenvalue weighted by atomic mass is 10.2. The number of hydrogen-bond donors (Lipinski definition) is 3. The number of nitrogens with one attached hydrogen (secondary N) is 3. The Bertz CT molecular complexity index is 923. The number of amides is 1. The van der Waals surface area contributed by atoms with E-state index < -0.39 is 0 Å². The first-order valence-corrected chi connectivity index (χ1v) is 8.56. The largest absolute Gasteiger partial charge is 0.348 e. The maximum absolute atomic E-state index is 11.2. The van der Waals surface area contributed by atoms with Gasteiger partial charge in [0.1, 0.15) is 5.82 Å². The Morgan fingerprint density at radius 3 is 2.44 bits per heavy atom. The summed E-state index contributed by atoms with van der Waals surface area (Å²) in [5.74, 6) is 1.07. The summed E-state index contributed by atoms with van der Waals surface area (Å²) in [6.45, 7) is 5.85. The van der Waals surface area contributed by atoms with E-state index in [2.05, 4.69) is 32.5 Å². The minimum Gasteiger partial charge on any atom is -0.348 e. The fourth-order valence-electron chi connectivity index (χ4n) is 2.38. The number of aryl methyl sites for hydroxylation is 1. The Morgan fingerprint density at radius 2 is 1.74 bits per heavy atom. The van der Waals surface area contributed by atoms with Gasteiger partial charge < -0.3 is 16.0 Å². The fraction of sp³-hybridized carbons (Fsp3) is 0.0952. The molecular formula is C21H21N5O. The topological polar surface area (TPSA) is 78.9 Å². The van der Waals surface area contributed by atoms with Crippen LogP contribution in [0.3, 0.4) is 0 Å². The molecule has 27 heavy (non-hydrogen) atoms. The van der Waals surface area contributed by atoms with Crippen LogP contribution >= 0.6 is 0 Å². The Morgan fingerprint density at radius 1 is 1.04 bits per heavy atom. The van der Waals surface area contributed by atoms with Gasteiger partial charge >= 0.3 is 0 Å². The molecule has 0 saturated carbocycles. The quantitative estimate of drug-likeness (QED) is 0.554. The number of aromatic nitrogens is 2. The highest BCUT2D eigenvalue weighted by Crippen LogP contribution is 2.21. The molecule has 0 fully saturated rings. The van der Waals surface area contributed by atoms with E-state index in [1.54, 1.807) is 6.20 Å². The molecule has 3 N–H and O–H groups in total. The van der Waals surface area contributed by atoms with Crippen LogP contribution in [0.2, 0.25) is 0 Å². The standard InChI is InChI=1S/C21H21N5O/c1-3-19(27)22-14-16-9-11-18(12-10-16)24-20-15(2)13-23-21(26-20)25-17-7-5-4-6-8-17/h3-13H,1,14H2,2H3,(H,22,27)(H2,23,24,25,26). The van der Waals surface area contributed by atoms with Crippen molar-refractivity contribution in [2.24, 2.45) is 0 Å². The first-order valence-electron chi connectivity index (χ1n) is 8.56. The number of carbonyl (C=O) groups is 1. The van der Waals surface area contributed by atoms with Crippen molar-refractivity contribution in [3.63, 3.8) is 0 Å². The van der Waals surface area contributed by atoms with Crippen molar-refractivity contribution in [3.05, 3.63) is 84.6 Å². The van der Waals surface area contributed by atoms with Crippen LogP contribution < -0.4 is 16.0 Å². The van der Waals surface area contributed by atoms with E-state index in [0.29, 0.717) is 12.5 Å². The second-order valence-electron chi connectivity index (χ2n) is 5.96. The van der Waals surface area contributed by atoms with Crippen LogP contribution in [0.5, 0.6) is 0 Å². The van der Waals surface area contributed by atoms with Gasteiger partial charge in [-0.15, -0.1) is 0 Å². The second kappa shape index (κ2) is 8.62. The molecule has 1 aromatic heterocycles. The summed E-state index contributed by atoms with van der Waals surface area (Å²) in [5.41, 5.74) is 3.78. The van der Waals surface area contributed by atoms with Gasteiger partial charge in [0.05, 0.1) is 0 Å². The van der Waals surface area contributed by atoms with E-state index in [9.17, 15) is 4.79 Å². The SMILES string of the molecule is C=CC(=O)NCc1ccc(Nc2nc(Nc3ccccc3)ncc2C)cc1. The number of nitrogens with zero attached hydrogens (tertiary/aromatic N) is 2. The Labute approximate surface area is 158 Å². The highest BCUT2D eigenvalue weighted by molar-refractivity contribution is 5.86. The first kappa shape index (κ1) is 18.1. The molecule has 1 amide bonds. The normalized spacial score (nSPS) is 10.1. The molecule has 0 radical (unpaired) electrons. The summed E-state index contributed by atoms with van der Waals surface area (Å²) in [7, 11) is 0. The van der Waals surface area contributed by atoms with Crippen molar-refractivity contribution >= 4 is 29.0 Å². The zero-order chi connectivity index (χ0) is 19.1. The minimum absolute atomic E-state index is 0.188. The minimum atomic E-state index is -0.188. The van der Waals surface area contributed by atoms with Gasteiger partial charge in [0.2, 0.25) is 11.9 Å². The van der Waals surface area contributed by atoms with E-state index >= 15 is 0 Å². The highest BCUT2D eigenvalue weighted by Gasteiger charge is 2.05. The number of benzene rings is 2. The molecule has 0 aliphatic carbocycles. The van der Waals surface area contributed by atoms with Gasteiger partial charge in [-0.05, 0) is 42.8 Å². The van der Waals surface area contributed by atoms with Gasteiger partial charge in [0, 0.05) is 29.7 Å². The molecule has 1 heterocycles. The van der Waals surface area contributed by atoms with Crippen LogP contribution in [-0.4, -0.2) is 15.9 Å². The first-order chi connectivity index (χ1) is 13.1. The van der Waals surface area contributed by atoms with Crippen LogP contribution in [0.1, 0.15) is 11.1 Å². The molecule has 0 atom stereocenters. The lowest BCUT2D eigenvalue weighted by Crippen LogP contribution is -2.19. The summed E-state index contributed by atoms with van der Waals surface area (Å²) in [5, 5.41) is 9.25. The maximum atomic E-state index is 11.2. The molecule has 0 aliphatic rings. The molecule has 2 aromatic carbocycles. The van der Waals surface area contributed by atoms with Crippen molar-refractivity contribution < 1.29 is 4.79 Å². The average Bonchev–Trinajstić information content (AvgIpc) is 2.70. The van der Waals surface area contributed by atoms with E-state index in [1.807, 2.05) is 61.5 Å². The molecule has 6 nitrogen and oxygen atoms in total. The molecule has 6 heteroatoms. The van der Waals surface area contributed by atoms with E-state index in [-0.39, 0.29) is 5.91 Å². The Hall–Kier alpha value is -3.67. The molecule has 0 spiro atoms. The smallest absolute Gasteiger partial charge is 0.243 e. The predicted octanol–water partition coefficient (Wildman–Crippen LogP) is 4.07. The van der Waals surface area contributed by atoms with E-state index in [4.69, 9.17) is 0 Å². The number of rotatable bonds is 7. The summed E-state index contributed by atoms with van der Waals surface area (Å²) >= 11 is 0. The Balaban J connectivity index is 1.68. The summed E-state index contributed by atoms with van der Waals surface area (Å²) in [4.78, 5) is 20.1. The lowest BCUT2D eigenvalue weighted by molar-refractivity contribution is -0.116. The van der Waals surface area contributed by atoms with Crippen molar-refractivity contribution in [1.82, 2.24) is 15.3 Å². The lowest BCUT2D eigenvalue weighted by Gasteiger charge is -2.11. The maximum Gasteiger partial charge on any atom is 0.243 e. The monoisotopic (exact) mass is 359 g/mol. The summed E-state index contributed by atoms with van der Waals surface area (Å²) in [6, 6.07) is 17.6. The highest BCUT2D eigenvalue weighted by atomic mass is 16.1. The number of anilines is 4. The third-order valence-corrected chi connectivity index (χ3v) is 3.87. The second-order valence-corrected chi connectivity index (χ2v) is 5.96. The van der Waals surface area contributed by atoms with Crippen molar-refractivity contribution in [1.29, 1.82) is 0 Å². The summed E-state index contributed by atoms with van der Waals surface area (Å²) < 4.78 is 0. The number of hydrogen-bond acceptors (Lipinski definition) is 5. The third kappa shape index (κ3) is 5.15.